The van der Waals surface area contributed by atoms with Crippen molar-refractivity contribution in [3.63, 3.8) is 0 Å². The first-order valence-corrected chi connectivity index (χ1v) is 4.81. The molecular weight excluding hydrogens is 202 g/mol. The van der Waals surface area contributed by atoms with Gasteiger partial charge in [0.2, 0.25) is 0 Å². The number of carbonyl (C=O) groups is 1. The van der Waals surface area contributed by atoms with Crippen LogP contribution in [0.3, 0.4) is 0 Å². The van der Waals surface area contributed by atoms with Gasteiger partial charge >= 0.3 is 0 Å². The predicted molar refractivity (Wildman–Crippen MR) is 56.4 cm³/mol. The lowest BCUT2D eigenvalue weighted by Crippen LogP contribution is -2.31. The van der Waals surface area contributed by atoms with Gasteiger partial charge in [0.25, 0.3) is 0 Å². The number of rotatable bonds is 2. The first-order valence-electron chi connectivity index (χ1n) is 4.44. The average Bonchev–Trinajstić information content (AvgIpc) is 2.17. The Hall–Kier alpha value is -0.800. The van der Waals surface area contributed by atoms with Crippen molar-refractivity contribution in [1.82, 2.24) is 4.90 Å². The molecule has 1 N–H and O–H groups in total. The lowest BCUT2D eigenvalue weighted by molar-refractivity contribution is -0.105. The second kappa shape index (κ2) is 4.62. The summed E-state index contributed by atoms with van der Waals surface area (Å²) in [6.45, 7) is 0. The Morgan fingerprint density at radius 3 is 2.57 bits per heavy atom. The van der Waals surface area contributed by atoms with Gasteiger partial charge in [-0.2, -0.15) is 0 Å². The zero-order valence-corrected chi connectivity index (χ0v) is 9.08. The lowest BCUT2D eigenvalue weighted by atomic mass is 9.91. The van der Waals surface area contributed by atoms with Crippen molar-refractivity contribution in [2.45, 2.75) is 18.9 Å². The van der Waals surface area contributed by atoms with Gasteiger partial charge in [-0.25, -0.2) is 0 Å². The number of carbonyl (C=O) groups excluding carboxylic acids is 1. The van der Waals surface area contributed by atoms with Crippen LogP contribution in [0.25, 0.3) is 0 Å². The highest BCUT2D eigenvalue weighted by Gasteiger charge is 2.25. The van der Waals surface area contributed by atoms with Crippen LogP contribution in [0.15, 0.2) is 22.4 Å². The monoisotopic (exact) mass is 215 g/mol. The van der Waals surface area contributed by atoms with Crippen LogP contribution < -0.4 is 0 Å². The third kappa shape index (κ3) is 2.16. The fourth-order valence-electron chi connectivity index (χ4n) is 1.54. The number of halogens is 1. The average molecular weight is 216 g/mol. The SMILES string of the molecule is CN(C)C1CC(C=O)=C(Cl)/C(=C/O)C1. The maximum absolute atomic E-state index is 10.7. The zero-order valence-electron chi connectivity index (χ0n) is 8.33. The van der Waals surface area contributed by atoms with E-state index in [0.29, 0.717) is 29.0 Å². The highest BCUT2D eigenvalue weighted by atomic mass is 35.5. The molecule has 0 bridgehead atoms. The standard InChI is InChI=1S/C10H14ClNO2/c1-12(2)9-3-7(5-13)10(11)8(4-9)6-14/h5-6,9,13H,3-4H2,1-2H3/b7-5+. The summed E-state index contributed by atoms with van der Waals surface area (Å²) >= 11 is 5.92. The molecule has 0 spiro atoms. The van der Waals surface area contributed by atoms with E-state index in [0.717, 1.165) is 12.5 Å². The fourth-order valence-corrected chi connectivity index (χ4v) is 1.79. The van der Waals surface area contributed by atoms with E-state index in [1.807, 2.05) is 19.0 Å². The smallest absolute Gasteiger partial charge is 0.147 e. The molecule has 3 nitrogen and oxygen atoms in total. The second-order valence-corrected chi connectivity index (χ2v) is 4.02. The van der Waals surface area contributed by atoms with Crippen LogP contribution in [0.5, 0.6) is 0 Å². The Labute approximate surface area is 88.7 Å². The Morgan fingerprint density at radius 2 is 2.14 bits per heavy atom. The van der Waals surface area contributed by atoms with E-state index in [1.165, 1.54) is 0 Å². The minimum Gasteiger partial charge on any atom is -0.515 e. The van der Waals surface area contributed by atoms with Gasteiger partial charge in [-0.3, -0.25) is 4.79 Å². The summed E-state index contributed by atoms with van der Waals surface area (Å²) in [5.41, 5.74) is 1.20. The first kappa shape index (κ1) is 11.3. The molecule has 0 aliphatic heterocycles. The number of aliphatic hydroxyl groups excluding tert-OH is 1. The molecule has 1 aliphatic rings. The van der Waals surface area contributed by atoms with E-state index in [-0.39, 0.29) is 6.04 Å². The number of aliphatic hydroxyl groups is 1. The molecule has 1 atom stereocenters. The van der Waals surface area contributed by atoms with Crippen molar-refractivity contribution in [2.24, 2.45) is 0 Å². The maximum atomic E-state index is 10.7. The highest BCUT2D eigenvalue weighted by molar-refractivity contribution is 6.33. The van der Waals surface area contributed by atoms with E-state index in [9.17, 15) is 4.79 Å². The molecule has 0 heterocycles. The van der Waals surface area contributed by atoms with Crippen LogP contribution in [0.1, 0.15) is 12.8 Å². The summed E-state index contributed by atoms with van der Waals surface area (Å²) in [6, 6.07) is 0.232. The number of aldehydes is 1. The second-order valence-electron chi connectivity index (χ2n) is 3.64. The lowest BCUT2D eigenvalue weighted by Gasteiger charge is -2.29. The zero-order chi connectivity index (χ0) is 10.7. The van der Waals surface area contributed by atoms with Crippen molar-refractivity contribution in [2.75, 3.05) is 14.1 Å². The van der Waals surface area contributed by atoms with Gasteiger partial charge in [0, 0.05) is 17.2 Å². The fraction of sp³-hybridized carbons (Fsp3) is 0.500. The quantitative estimate of drug-likeness (QED) is 0.565. The summed E-state index contributed by atoms with van der Waals surface area (Å²) in [6.07, 6.45) is 3.08. The van der Waals surface area contributed by atoms with E-state index in [2.05, 4.69) is 0 Å². The highest BCUT2D eigenvalue weighted by Crippen LogP contribution is 2.32. The summed E-state index contributed by atoms with van der Waals surface area (Å²) in [5, 5.41) is 9.36. The van der Waals surface area contributed by atoms with Gasteiger partial charge in [-0.15, -0.1) is 0 Å². The summed E-state index contributed by atoms with van der Waals surface area (Å²) in [5.74, 6) is 0. The molecule has 0 aromatic heterocycles. The largest absolute Gasteiger partial charge is 0.515 e. The molecule has 14 heavy (non-hydrogen) atoms. The Kier molecular flexibility index (Phi) is 3.72. The summed E-state index contributed by atoms with van der Waals surface area (Å²) in [7, 11) is 3.89. The van der Waals surface area contributed by atoms with Gasteiger partial charge in [0.1, 0.15) is 6.29 Å². The summed E-state index contributed by atoms with van der Waals surface area (Å²) in [4.78, 5) is 12.8. The normalized spacial score (nSPS) is 26.0. The van der Waals surface area contributed by atoms with E-state index >= 15 is 0 Å². The van der Waals surface area contributed by atoms with Crippen LogP contribution in [0.4, 0.5) is 0 Å². The number of allylic oxidation sites excluding steroid dienone is 1. The van der Waals surface area contributed by atoms with Crippen molar-refractivity contribution in [3.8, 4) is 0 Å². The van der Waals surface area contributed by atoms with Crippen LogP contribution in [-0.4, -0.2) is 36.4 Å². The van der Waals surface area contributed by atoms with Gasteiger partial charge in [0.15, 0.2) is 0 Å². The molecule has 0 amide bonds. The third-order valence-corrected chi connectivity index (χ3v) is 2.99. The Morgan fingerprint density at radius 1 is 1.50 bits per heavy atom. The maximum Gasteiger partial charge on any atom is 0.147 e. The van der Waals surface area contributed by atoms with E-state index in [4.69, 9.17) is 16.7 Å². The first-order chi connectivity index (χ1) is 6.60. The van der Waals surface area contributed by atoms with Crippen LogP contribution >= 0.6 is 11.6 Å². The van der Waals surface area contributed by atoms with Crippen molar-refractivity contribution < 1.29 is 9.90 Å². The molecule has 1 rings (SSSR count). The van der Waals surface area contributed by atoms with Crippen LogP contribution in [0.2, 0.25) is 0 Å². The predicted octanol–water partition coefficient (Wildman–Crippen LogP) is 1.84. The minimum absolute atomic E-state index is 0.232. The van der Waals surface area contributed by atoms with Crippen LogP contribution in [-0.2, 0) is 4.79 Å². The topological polar surface area (TPSA) is 40.5 Å². The molecule has 78 valence electrons. The third-order valence-electron chi connectivity index (χ3n) is 2.50. The van der Waals surface area contributed by atoms with E-state index in [1.54, 1.807) is 0 Å². The Bertz CT molecular complexity index is 294. The minimum atomic E-state index is 0.232. The van der Waals surface area contributed by atoms with Gasteiger partial charge in [-0.05, 0) is 26.9 Å². The van der Waals surface area contributed by atoms with Crippen molar-refractivity contribution >= 4 is 17.9 Å². The van der Waals surface area contributed by atoms with Crippen molar-refractivity contribution in [1.29, 1.82) is 0 Å². The number of hydrogen-bond donors (Lipinski definition) is 1. The van der Waals surface area contributed by atoms with Gasteiger partial charge in [0.05, 0.1) is 11.3 Å². The van der Waals surface area contributed by atoms with E-state index < -0.39 is 0 Å². The molecule has 1 aliphatic carbocycles. The summed E-state index contributed by atoms with van der Waals surface area (Å²) < 4.78 is 0. The molecule has 0 radical (unpaired) electrons. The van der Waals surface area contributed by atoms with Gasteiger partial charge < -0.3 is 10.0 Å². The number of hydrogen-bond acceptors (Lipinski definition) is 3. The molecule has 0 fully saturated rings. The Balaban J connectivity index is 2.98. The molecule has 1 unspecified atom stereocenters. The van der Waals surface area contributed by atoms with Crippen molar-refractivity contribution in [3.05, 3.63) is 22.4 Å². The number of nitrogens with zero attached hydrogens (tertiary/aromatic N) is 1. The molecule has 0 aromatic rings. The molecule has 0 saturated carbocycles. The molecule has 4 heteroatoms. The van der Waals surface area contributed by atoms with Crippen LogP contribution in [0, 0.1) is 0 Å². The molecule has 0 saturated heterocycles. The van der Waals surface area contributed by atoms with Gasteiger partial charge in [-0.1, -0.05) is 11.6 Å². The molecular formula is C10H14ClNO2. The molecule has 0 aromatic carbocycles.